The van der Waals surface area contributed by atoms with Gasteiger partial charge in [0, 0.05) is 11.8 Å². The predicted molar refractivity (Wildman–Crippen MR) is 115 cm³/mol. The number of aliphatic imine (C=N–C) groups is 1. The molecule has 0 saturated heterocycles. The summed E-state index contributed by atoms with van der Waals surface area (Å²) >= 11 is 1.51. The van der Waals surface area contributed by atoms with Crippen LogP contribution in [0.2, 0.25) is 0 Å². The Balaban J connectivity index is 1.70. The van der Waals surface area contributed by atoms with E-state index in [-0.39, 0.29) is 25.0 Å². The van der Waals surface area contributed by atoms with Crippen LogP contribution in [0.15, 0.2) is 76.4 Å². The normalized spacial score (nSPS) is 17.6. The average molecular weight is 424 g/mol. The zero-order chi connectivity index (χ0) is 21.1. The minimum Gasteiger partial charge on any atom is -0.489 e. The molecule has 4 rings (SSSR count). The largest absolute Gasteiger partial charge is 0.489 e. The number of allylic oxidation sites excluding steroid dienone is 1. The smallest absolute Gasteiger partial charge is 0.338 e. The highest BCUT2D eigenvalue weighted by Crippen LogP contribution is 2.43. The lowest BCUT2D eigenvalue weighted by Gasteiger charge is -2.34. The van der Waals surface area contributed by atoms with Crippen LogP contribution in [0.1, 0.15) is 31.0 Å². The summed E-state index contributed by atoms with van der Waals surface area (Å²) in [6.07, 6.45) is 1.91. The van der Waals surface area contributed by atoms with Gasteiger partial charge in [0.1, 0.15) is 18.2 Å². The van der Waals surface area contributed by atoms with Crippen LogP contribution < -0.4 is 4.74 Å². The van der Waals surface area contributed by atoms with Crippen molar-refractivity contribution < 1.29 is 18.7 Å². The number of fused-ring (bicyclic) bond motifs is 1. The molecule has 2 aromatic rings. The van der Waals surface area contributed by atoms with Crippen LogP contribution in [0.5, 0.6) is 5.75 Å². The number of halogens is 1. The fraction of sp³-hybridized carbons (Fsp3) is 0.217. The summed E-state index contributed by atoms with van der Waals surface area (Å²) in [6.45, 7) is 4.18. The van der Waals surface area contributed by atoms with Crippen molar-refractivity contribution in [3.8, 4) is 5.75 Å². The molecule has 0 N–H and O–H groups in total. The third-order valence-electron chi connectivity index (χ3n) is 4.84. The molecule has 2 aliphatic heterocycles. The Kier molecular flexibility index (Phi) is 5.90. The Hall–Kier alpha value is -3.06. The Morgan fingerprint density at radius 1 is 1.20 bits per heavy atom. The van der Waals surface area contributed by atoms with Crippen molar-refractivity contribution in [3.05, 3.63) is 88.4 Å². The summed E-state index contributed by atoms with van der Waals surface area (Å²) in [5.74, 6) is -0.0272. The first kappa shape index (κ1) is 20.2. The maximum Gasteiger partial charge on any atom is 0.338 e. The third-order valence-corrected chi connectivity index (χ3v) is 5.61. The zero-order valence-electron chi connectivity index (χ0n) is 16.7. The number of carbonyl (C=O) groups is 1. The number of amidine groups is 1. The number of hydrogen-bond acceptors (Lipinski definition) is 6. The van der Waals surface area contributed by atoms with E-state index in [0.29, 0.717) is 17.0 Å². The van der Waals surface area contributed by atoms with Gasteiger partial charge in [0.25, 0.3) is 0 Å². The van der Waals surface area contributed by atoms with E-state index in [9.17, 15) is 9.18 Å². The number of ether oxygens (including phenoxy) is 2. The van der Waals surface area contributed by atoms with E-state index >= 15 is 0 Å². The topological polar surface area (TPSA) is 51.1 Å². The third kappa shape index (κ3) is 3.98. The molecule has 1 atom stereocenters. The number of carbonyl (C=O) groups excluding carboxylic acids is 1. The molecular weight excluding hydrogens is 403 g/mol. The van der Waals surface area contributed by atoms with E-state index in [1.165, 1.54) is 23.9 Å². The van der Waals surface area contributed by atoms with Crippen molar-refractivity contribution in [2.24, 2.45) is 4.99 Å². The quantitative estimate of drug-likeness (QED) is 0.599. The van der Waals surface area contributed by atoms with Gasteiger partial charge in [-0.25, -0.2) is 14.2 Å². The molecule has 0 spiro atoms. The van der Waals surface area contributed by atoms with Gasteiger partial charge < -0.3 is 14.4 Å². The molecule has 154 valence electrons. The van der Waals surface area contributed by atoms with Crippen LogP contribution in [-0.2, 0) is 16.1 Å². The fourth-order valence-corrected chi connectivity index (χ4v) is 4.25. The van der Waals surface area contributed by atoms with Gasteiger partial charge in [-0.1, -0.05) is 42.1 Å². The first-order valence-electron chi connectivity index (χ1n) is 9.63. The van der Waals surface area contributed by atoms with Gasteiger partial charge >= 0.3 is 5.97 Å². The molecule has 0 aliphatic carbocycles. The number of para-hydroxylation sites is 1. The molecule has 2 aromatic carbocycles. The summed E-state index contributed by atoms with van der Waals surface area (Å²) in [5.41, 5.74) is 2.81. The van der Waals surface area contributed by atoms with E-state index in [2.05, 4.69) is 4.99 Å². The van der Waals surface area contributed by atoms with Gasteiger partial charge in [-0.15, -0.1) is 0 Å². The van der Waals surface area contributed by atoms with E-state index in [1.807, 2.05) is 47.7 Å². The van der Waals surface area contributed by atoms with Crippen LogP contribution in [0, 0.1) is 5.82 Å². The van der Waals surface area contributed by atoms with Crippen molar-refractivity contribution in [1.29, 1.82) is 0 Å². The number of thioether (sulfide) groups is 1. The number of nitrogens with zero attached hydrogens (tertiary/aromatic N) is 2. The van der Waals surface area contributed by atoms with Crippen LogP contribution in [0.4, 0.5) is 4.39 Å². The molecule has 0 fully saturated rings. The van der Waals surface area contributed by atoms with Gasteiger partial charge in [0.05, 0.1) is 23.9 Å². The van der Waals surface area contributed by atoms with Crippen LogP contribution in [-0.4, -0.2) is 22.6 Å². The van der Waals surface area contributed by atoms with Crippen molar-refractivity contribution in [2.75, 3.05) is 6.61 Å². The predicted octanol–water partition coefficient (Wildman–Crippen LogP) is 5.17. The summed E-state index contributed by atoms with van der Waals surface area (Å²) in [4.78, 5) is 19.4. The van der Waals surface area contributed by atoms with E-state index in [1.54, 1.807) is 19.1 Å². The van der Waals surface area contributed by atoms with E-state index in [0.717, 1.165) is 16.3 Å². The lowest BCUT2D eigenvalue weighted by Crippen LogP contribution is -2.34. The highest BCUT2D eigenvalue weighted by Gasteiger charge is 2.38. The van der Waals surface area contributed by atoms with Gasteiger partial charge in [-0.05, 0) is 43.0 Å². The van der Waals surface area contributed by atoms with Crippen LogP contribution in [0.25, 0.3) is 0 Å². The van der Waals surface area contributed by atoms with Crippen molar-refractivity contribution in [3.63, 3.8) is 0 Å². The molecule has 30 heavy (non-hydrogen) atoms. The molecular formula is C23H21FN2O3S. The summed E-state index contributed by atoms with van der Waals surface area (Å²) in [5, 5.41) is 2.74. The molecule has 7 heteroatoms. The van der Waals surface area contributed by atoms with E-state index in [4.69, 9.17) is 9.47 Å². The Labute approximate surface area is 178 Å². The molecule has 0 bridgehead atoms. The molecule has 0 unspecified atom stereocenters. The number of hydrogen-bond donors (Lipinski definition) is 0. The standard InChI is InChI=1S/C23H21FN2O3S/c1-3-28-22(27)20-15(2)25-23-26(12-13-30-23)21(20)18-6-4-5-7-19(18)29-14-16-8-10-17(24)11-9-16/h4-13,21H,3,14H2,1-2H3/t21-/m1/s1. The summed E-state index contributed by atoms with van der Waals surface area (Å²) in [7, 11) is 0. The molecule has 0 aromatic heterocycles. The first-order chi connectivity index (χ1) is 14.6. The maximum atomic E-state index is 13.2. The molecule has 0 amide bonds. The maximum absolute atomic E-state index is 13.2. The van der Waals surface area contributed by atoms with Crippen molar-refractivity contribution in [2.45, 2.75) is 26.5 Å². The molecule has 2 heterocycles. The Morgan fingerprint density at radius 3 is 2.73 bits per heavy atom. The second-order valence-electron chi connectivity index (χ2n) is 6.78. The minimum absolute atomic E-state index is 0.284. The number of esters is 1. The van der Waals surface area contributed by atoms with Crippen molar-refractivity contribution in [1.82, 2.24) is 4.90 Å². The lowest BCUT2D eigenvalue weighted by atomic mass is 9.94. The molecule has 0 radical (unpaired) electrons. The average Bonchev–Trinajstić information content (AvgIpc) is 3.21. The summed E-state index contributed by atoms with van der Waals surface area (Å²) in [6, 6.07) is 13.4. The van der Waals surface area contributed by atoms with Gasteiger partial charge in [-0.2, -0.15) is 0 Å². The van der Waals surface area contributed by atoms with Crippen molar-refractivity contribution >= 4 is 22.9 Å². The second kappa shape index (κ2) is 8.75. The zero-order valence-corrected chi connectivity index (χ0v) is 17.5. The Bertz CT molecular complexity index is 1050. The van der Waals surface area contributed by atoms with E-state index < -0.39 is 6.04 Å². The number of benzene rings is 2. The fourth-order valence-electron chi connectivity index (χ4n) is 3.46. The first-order valence-corrected chi connectivity index (χ1v) is 10.5. The highest BCUT2D eigenvalue weighted by molar-refractivity contribution is 8.16. The second-order valence-corrected chi connectivity index (χ2v) is 7.65. The van der Waals surface area contributed by atoms with Crippen LogP contribution in [0.3, 0.4) is 0 Å². The SMILES string of the molecule is CCOC(=O)C1=C(C)N=C2SC=CN2[C@@H]1c1ccccc1OCc1ccc(F)cc1. The summed E-state index contributed by atoms with van der Waals surface area (Å²) < 4.78 is 24.6. The van der Waals surface area contributed by atoms with Gasteiger partial charge in [0.2, 0.25) is 0 Å². The van der Waals surface area contributed by atoms with Gasteiger partial charge in [-0.3, -0.25) is 0 Å². The monoisotopic (exact) mass is 424 g/mol. The molecule has 2 aliphatic rings. The van der Waals surface area contributed by atoms with Gasteiger partial charge in [0.15, 0.2) is 5.17 Å². The minimum atomic E-state index is -0.410. The Morgan fingerprint density at radius 2 is 1.97 bits per heavy atom. The molecule has 5 nitrogen and oxygen atoms in total. The lowest BCUT2D eigenvalue weighted by molar-refractivity contribution is -0.139. The highest BCUT2D eigenvalue weighted by atomic mass is 32.2. The molecule has 0 saturated carbocycles. The van der Waals surface area contributed by atoms with Crippen LogP contribution >= 0.6 is 11.8 Å². The number of rotatable bonds is 6.